The summed E-state index contributed by atoms with van der Waals surface area (Å²) < 4.78 is 10.5. The van der Waals surface area contributed by atoms with Crippen LogP contribution in [0.3, 0.4) is 0 Å². The van der Waals surface area contributed by atoms with E-state index >= 15 is 0 Å². The normalized spacial score (nSPS) is 10.8. The summed E-state index contributed by atoms with van der Waals surface area (Å²) in [5.41, 5.74) is 1.30. The maximum absolute atomic E-state index is 8.96. The number of aryl methyl sites for hydroxylation is 1. The van der Waals surface area contributed by atoms with E-state index in [0.29, 0.717) is 23.0 Å². The van der Waals surface area contributed by atoms with Gasteiger partial charge in [-0.1, -0.05) is 0 Å². The molecule has 0 aromatic carbocycles. The lowest BCUT2D eigenvalue weighted by molar-refractivity contribution is 0.540. The third-order valence-corrected chi connectivity index (χ3v) is 2.33. The van der Waals surface area contributed by atoms with Crippen molar-refractivity contribution in [1.82, 2.24) is 0 Å². The Morgan fingerprint density at radius 1 is 1.44 bits per heavy atom. The average molecular weight is 214 g/mol. The minimum Gasteiger partial charge on any atom is -0.463 e. The van der Waals surface area contributed by atoms with Gasteiger partial charge in [0.15, 0.2) is 0 Å². The van der Waals surface area contributed by atoms with Crippen molar-refractivity contribution in [3.05, 3.63) is 41.0 Å². The van der Waals surface area contributed by atoms with Gasteiger partial charge in [-0.2, -0.15) is 5.26 Å². The Kier molecular flexibility index (Phi) is 2.61. The maximum Gasteiger partial charge on any atom is 0.237 e. The molecule has 0 atom stereocenters. The Hall–Kier alpha value is -2.28. The van der Waals surface area contributed by atoms with Gasteiger partial charge < -0.3 is 8.83 Å². The van der Waals surface area contributed by atoms with Crippen LogP contribution in [0.5, 0.6) is 0 Å². The number of hydrogen-bond acceptors (Lipinski definition) is 4. The SMILES string of the molecule is Cc1oc(N=Cc2ccco2)c(C#N)c1C. The molecular weight excluding hydrogens is 204 g/mol. The van der Waals surface area contributed by atoms with Gasteiger partial charge >= 0.3 is 0 Å². The molecular formula is C12H10N2O2. The molecule has 0 saturated heterocycles. The van der Waals surface area contributed by atoms with Crippen molar-refractivity contribution in [3.8, 4) is 6.07 Å². The Morgan fingerprint density at radius 2 is 2.25 bits per heavy atom. The number of nitrogens with zero attached hydrogens (tertiary/aromatic N) is 2. The Balaban J connectivity index is 2.36. The molecule has 80 valence electrons. The highest BCUT2D eigenvalue weighted by Crippen LogP contribution is 2.27. The van der Waals surface area contributed by atoms with Crippen LogP contribution in [-0.4, -0.2) is 6.21 Å². The molecule has 0 bridgehead atoms. The first-order valence-electron chi connectivity index (χ1n) is 4.80. The zero-order valence-electron chi connectivity index (χ0n) is 9.02. The van der Waals surface area contributed by atoms with Crippen molar-refractivity contribution in [2.75, 3.05) is 0 Å². The number of aliphatic imine (C=N–C) groups is 1. The van der Waals surface area contributed by atoms with Gasteiger partial charge in [0.05, 0.1) is 12.5 Å². The number of furan rings is 2. The standard InChI is InChI=1S/C12H10N2O2/c1-8-9(2)16-12(11(8)6-13)14-7-10-4-3-5-15-10/h3-5,7H,1-2H3. The van der Waals surface area contributed by atoms with Crippen molar-refractivity contribution in [1.29, 1.82) is 5.26 Å². The van der Waals surface area contributed by atoms with Gasteiger partial charge in [0.2, 0.25) is 5.88 Å². The predicted octanol–water partition coefficient (Wildman–Crippen LogP) is 3.11. The van der Waals surface area contributed by atoms with E-state index < -0.39 is 0 Å². The lowest BCUT2D eigenvalue weighted by atomic mass is 10.2. The zero-order valence-corrected chi connectivity index (χ0v) is 9.02. The molecule has 0 amide bonds. The minimum absolute atomic E-state index is 0.328. The zero-order chi connectivity index (χ0) is 11.5. The van der Waals surface area contributed by atoms with Crippen LogP contribution in [0, 0.1) is 25.2 Å². The fourth-order valence-electron chi connectivity index (χ4n) is 1.32. The lowest BCUT2D eigenvalue weighted by Crippen LogP contribution is -1.77. The van der Waals surface area contributed by atoms with Crippen LogP contribution in [0.1, 0.15) is 22.6 Å². The van der Waals surface area contributed by atoms with E-state index in [4.69, 9.17) is 14.1 Å². The first-order valence-corrected chi connectivity index (χ1v) is 4.80. The minimum atomic E-state index is 0.328. The Morgan fingerprint density at radius 3 is 2.88 bits per heavy atom. The summed E-state index contributed by atoms with van der Waals surface area (Å²) in [6.45, 7) is 3.64. The second-order valence-electron chi connectivity index (χ2n) is 3.35. The van der Waals surface area contributed by atoms with E-state index in [-0.39, 0.29) is 0 Å². The van der Waals surface area contributed by atoms with Crippen molar-refractivity contribution in [2.45, 2.75) is 13.8 Å². The van der Waals surface area contributed by atoms with E-state index in [9.17, 15) is 0 Å². The van der Waals surface area contributed by atoms with Crippen LogP contribution in [0.15, 0.2) is 32.2 Å². The fourth-order valence-corrected chi connectivity index (χ4v) is 1.32. The van der Waals surface area contributed by atoms with Gasteiger partial charge in [0.25, 0.3) is 0 Å². The summed E-state index contributed by atoms with van der Waals surface area (Å²) in [6, 6.07) is 5.62. The highest BCUT2D eigenvalue weighted by atomic mass is 16.4. The molecule has 0 spiro atoms. The van der Waals surface area contributed by atoms with E-state index in [1.165, 1.54) is 6.21 Å². The van der Waals surface area contributed by atoms with Crippen LogP contribution >= 0.6 is 0 Å². The van der Waals surface area contributed by atoms with Crippen molar-refractivity contribution in [2.24, 2.45) is 4.99 Å². The highest BCUT2D eigenvalue weighted by molar-refractivity contribution is 5.78. The van der Waals surface area contributed by atoms with Crippen molar-refractivity contribution in [3.63, 3.8) is 0 Å². The molecule has 16 heavy (non-hydrogen) atoms. The van der Waals surface area contributed by atoms with Crippen LogP contribution < -0.4 is 0 Å². The largest absolute Gasteiger partial charge is 0.463 e. The molecule has 4 heteroatoms. The first-order chi connectivity index (χ1) is 7.72. The lowest BCUT2D eigenvalue weighted by Gasteiger charge is -1.86. The van der Waals surface area contributed by atoms with E-state index in [1.54, 1.807) is 18.4 Å². The number of rotatable bonds is 2. The van der Waals surface area contributed by atoms with Gasteiger partial charge in [-0.15, -0.1) is 0 Å². The summed E-state index contributed by atoms with van der Waals surface area (Å²) >= 11 is 0. The van der Waals surface area contributed by atoms with Crippen molar-refractivity contribution < 1.29 is 8.83 Å². The quantitative estimate of drug-likeness (QED) is 0.721. The summed E-state index contributed by atoms with van der Waals surface area (Å²) in [4.78, 5) is 4.09. The maximum atomic E-state index is 8.96. The average Bonchev–Trinajstić information content (AvgIpc) is 2.86. The molecule has 2 aromatic heterocycles. The molecule has 0 unspecified atom stereocenters. The molecule has 2 aromatic rings. The molecule has 0 fully saturated rings. The van der Waals surface area contributed by atoms with Crippen LogP contribution in [0.4, 0.5) is 5.88 Å². The third kappa shape index (κ3) is 1.75. The molecule has 2 heterocycles. The summed E-state index contributed by atoms with van der Waals surface area (Å²) in [6.07, 6.45) is 3.09. The third-order valence-electron chi connectivity index (χ3n) is 2.33. The van der Waals surface area contributed by atoms with Crippen molar-refractivity contribution >= 4 is 12.1 Å². The van der Waals surface area contributed by atoms with Crippen LogP contribution in [0.2, 0.25) is 0 Å². The summed E-state index contributed by atoms with van der Waals surface area (Å²) in [5, 5.41) is 8.96. The van der Waals surface area contributed by atoms with Crippen LogP contribution in [0.25, 0.3) is 0 Å². The Bertz CT molecular complexity index is 557. The topological polar surface area (TPSA) is 62.4 Å². The smallest absolute Gasteiger partial charge is 0.237 e. The summed E-state index contributed by atoms with van der Waals surface area (Å²) in [7, 11) is 0. The van der Waals surface area contributed by atoms with E-state index in [2.05, 4.69) is 11.1 Å². The van der Waals surface area contributed by atoms with Gasteiger partial charge in [0, 0.05) is 5.56 Å². The first kappa shape index (κ1) is 10.2. The molecule has 0 aliphatic rings. The summed E-state index contributed by atoms with van der Waals surface area (Å²) in [5.74, 6) is 1.66. The molecule has 0 aliphatic heterocycles. The van der Waals surface area contributed by atoms with E-state index in [0.717, 1.165) is 5.56 Å². The number of hydrogen-bond donors (Lipinski definition) is 0. The Labute approximate surface area is 92.8 Å². The second-order valence-corrected chi connectivity index (χ2v) is 3.35. The highest BCUT2D eigenvalue weighted by Gasteiger charge is 2.12. The van der Waals surface area contributed by atoms with Gasteiger partial charge in [-0.25, -0.2) is 4.99 Å². The second kappa shape index (κ2) is 4.07. The number of nitriles is 1. The molecule has 0 aliphatic carbocycles. The molecule has 0 N–H and O–H groups in total. The molecule has 4 nitrogen and oxygen atoms in total. The van der Waals surface area contributed by atoms with Crippen LogP contribution in [-0.2, 0) is 0 Å². The molecule has 0 radical (unpaired) electrons. The molecule has 2 rings (SSSR count). The van der Waals surface area contributed by atoms with E-state index in [1.807, 2.05) is 13.8 Å². The van der Waals surface area contributed by atoms with Gasteiger partial charge in [0.1, 0.15) is 23.2 Å². The fraction of sp³-hybridized carbons (Fsp3) is 0.167. The molecule has 0 saturated carbocycles. The van der Waals surface area contributed by atoms with Gasteiger partial charge in [-0.3, -0.25) is 0 Å². The predicted molar refractivity (Wildman–Crippen MR) is 58.9 cm³/mol. The monoisotopic (exact) mass is 214 g/mol. The van der Waals surface area contributed by atoms with Gasteiger partial charge in [-0.05, 0) is 26.0 Å².